The molecule has 202 valence electrons. The highest BCUT2D eigenvalue weighted by Gasteiger charge is 2.37. The number of hydrogen-bond donors (Lipinski definition) is 0. The molecule has 1 atom stereocenters. The number of rotatable bonds is 6. The molecule has 0 fully saturated rings. The summed E-state index contributed by atoms with van der Waals surface area (Å²) in [4.78, 5) is 2.40. The molecule has 0 N–H and O–H groups in total. The van der Waals surface area contributed by atoms with Crippen molar-refractivity contribution in [1.82, 2.24) is 4.90 Å². The van der Waals surface area contributed by atoms with Gasteiger partial charge >= 0.3 is 0 Å². The zero-order valence-corrected chi connectivity index (χ0v) is 23.5. The van der Waals surface area contributed by atoms with Crippen LogP contribution in [0.2, 0.25) is 0 Å². The monoisotopic (exact) mass is 523 g/mol. The van der Waals surface area contributed by atoms with Gasteiger partial charge in [-0.15, -0.1) is 0 Å². The Morgan fingerprint density at radius 2 is 1.82 bits per heavy atom. The molecule has 0 aromatic heterocycles. The summed E-state index contributed by atoms with van der Waals surface area (Å²) in [5.41, 5.74) is 10.1. The van der Waals surface area contributed by atoms with Gasteiger partial charge in [0.2, 0.25) is 6.79 Å². The predicted octanol–water partition coefficient (Wildman–Crippen LogP) is 6.85. The normalized spacial score (nSPS) is 19.8. The molecule has 0 radical (unpaired) electrons. The van der Waals surface area contributed by atoms with Crippen molar-refractivity contribution >= 4 is 5.70 Å². The second kappa shape index (κ2) is 10.1. The van der Waals surface area contributed by atoms with Gasteiger partial charge in [-0.05, 0) is 64.8 Å². The maximum atomic E-state index is 6.38. The second-order valence-electron chi connectivity index (χ2n) is 11.5. The Morgan fingerprint density at radius 3 is 2.54 bits per heavy atom. The smallest absolute Gasteiger partial charge is 0.231 e. The molecule has 3 heterocycles. The van der Waals surface area contributed by atoms with Gasteiger partial charge in [-0.3, -0.25) is 0 Å². The Kier molecular flexibility index (Phi) is 6.64. The fourth-order valence-corrected chi connectivity index (χ4v) is 5.84. The number of nitrogens with zero attached hydrogens (tertiary/aromatic N) is 1. The van der Waals surface area contributed by atoms with Crippen LogP contribution >= 0.6 is 0 Å². The Balaban J connectivity index is 1.48. The number of methoxy groups -OCH3 is 1. The van der Waals surface area contributed by atoms with Gasteiger partial charge in [0.15, 0.2) is 11.5 Å². The van der Waals surface area contributed by atoms with E-state index in [1.54, 1.807) is 7.11 Å². The van der Waals surface area contributed by atoms with Crippen LogP contribution in [-0.4, -0.2) is 38.1 Å². The molecule has 2 aromatic carbocycles. The molecule has 0 amide bonds. The van der Waals surface area contributed by atoms with Gasteiger partial charge in [-0.1, -0.05) is 63.3 Å². The van der Waals surface area contributed by atoms with E-state index in [0.29, 0.717) is 6.61 Å². The summed E-state index contributed by atoms with van der Waals surface area (Å²) in [7, 11) is 1.72. The third-order valence-corrected chi connectivity index (χ3v) is 7.97. The minimum Gasteiger partial charge on any atom is -0.498 e. The first-order valence-corrected chi connectivity index (χ1v) is 13.8. The lowest BCUT2D eigenvalue weighted by Crippen LogP contribution is -2.34. The molecule has 4 aliphatic rings. The fraction of sp³-hybridized carbons (Fsp3) is 0.353. The quantitative estimate of drug-likeness (QED) is 0.387. The summed E-state index contributed by atoms with van der Waals surface area (Å²) >= 11 is 0. The Bertz CT molecular complexity index is 1430. The topological polar surface area (TPSA) is 40.2 Å². The van der Waals surface area contributed by atoms with E-state index in [1.807, 2.05) is 19.1 Å². The first kappa shape index (κ1) is 25.6. The molecule has 1 unspecified atom stereocenters. The van der Waals surface area contributed by atoms with Crippen LogP contribution in [0.3, 0.4) is 0 Å². The van der Waals surface area contributed by atoms with Crippen molar-refractivity contribution in [2.45, 2.75) is 52.1 Å². The van der Waals surface area contributed by atoms with Crippen molar-refractivity contribution in [2.24, 2.45) is 0 Å². The number of allylic oxidation sites excluding steroid dienone is 4. The Hall–Kier alpha value is -3.70. The zero-order valence-electron chi connectivity index (χ0n) is 23.5. The highest BCUT2D eigenvalue weighted by atomic mass is 16.7. The summed E-state index contributed by atoms with van der Waals surface area (Å²) in [6, 6.07) is 13.4. The molecular formula is C34H37NO4. The lowest BCUT2D eigenvalue weighted by atomic mass is 9.79. The van der Waals surface area contributed by atoms with Crippen molar-refractivity contribution in [2.75, 3.05) is 27.1 Å². The SMILES string of the molecule is C/C=C/COC1C(OC)=CC=C2C1=CN1CCc3cc4c(cc3C1=C2Cc1ccc(C(C)(C)C)cc1)OCO4. The Labute approximate surface area is 231 Å². The second-order valence-corrected chi connectivity index (χ2v) is 11.5. The average molecular weight is 524 g/mol. The first-order valence-electron chi connectivity index (χ1n) is 13.8. The number of hydrogen-bond acceptors (Lipinski definition) is 5. The highest BCUT2D eigenvalue weighted by Crippen LogP contribution is 2.47. The van der Waals surface area contributed by atoms with Crippen molar-refractivity contribution in [3.8, 4) is 11.5 Å². The molecule has 5 heteroatoms. The molecule has 1 aliphatic carbocycles. The molecular weight excluding hydrogens is 486 g/mol. The summed E-state index contributed by atoms with van der Waals surface area (Å²) < 4.78 is 23.7. The van der Waals surface area contributed by atoms with Gasteiger partial charge in [0.25, 0.3) is 0 Å². The highest BCUT2D eigenvalue weighted by molar-refractivity contribution is 5.82. The number of fused-ring (bicyclic) bond motifs is 5. The third-order valence-electron chi connectivity index (χ3n) is 7.97. The van der Waals surface area contributed by atoms with Crippen molar-refractivity contribution in [3.05, 3.63) is 112 Å². The van der Waals surface area contributed by atoms with Gasteiger partial charge in [-0.2, -0.15) is 0 Å². The van der Waals surface area contributed by atoms with E-state index in [1.165, 1.54) is 39.1 Å². The number of ether oxygens (including phenoxy) is 4. The molecule has 0 saturated heterocycles. The lowest BCUT2D eigenvalue weighted by molar-refractivity contribution is 0.0786. The van der Waals surface area contributed by atoms with Crippen molar-refractivity contribution in [3.63, 3.8) is 0 Å². The van der Waals surface area contributed by atoms with Crippen LogP contribution in [0.5, 0.6) is 11.5 Å². The minimum atomic E-state index is -0.260. The van der Waals surface area contributed by atoms with Crippen LogP contribution in [0.25, 0.3) is 5.70 Å². The van der Waals surface area contributed by atoms with Crippen molar-refractivity contribution in [1.29, 1.82) is 0 Å². The van der Waals surface area contributed by atoms with Crippen LogP contribution in [0.15, 0.2) is 89.4 Å². The molecule has 0 spiro atoms. The van der Waals surface area contributed by atoms with E-state index >= 15 is 0 Å². The van der Waals surface area contributed by atoms with Crippen molar-refractivity contribution < 1.29 is 18.9 Å². The summed E-state index contributed by atoms with van der Waals surface area (Å²) in [6.45, 7) is 10.5. The first-order chi connectivity index (χ1) is 18.9. The molecule has 3 aliphatic heterocycles. The van der Waals surface area contributed by atoms with Gasteiger partial charge in [0.1, 0.15) is 11.9 Å². The van der Waals surface area contributed by atoms with Crippen LogP contribution in [-0.2, 0) is 27.7 Å². The average Bonchev–Trinajstić information content (AvgIpc) is 3.39. The molecule has 0 bridgehead atoms. The lowest BCUT2D eigenvalue weighted by Gasteiger charge is -2.40. The zero-order chi connectivity index (χ0) is 27.1. The fourth-order valence-electron chi connectivity index (χ4n) is 5.84. The van der Waals surface area contributed by atoms with E-state index < -0.39 is 0 Å². The maximum absolute atomic E-state index is 6.38. The molecule has 6 rings (SSSR count). The van der Waals surface area contributed by atoms with E-state index in [0.717, 1.165) is 42.2 Å². The van der Waals surface area contributed by atoms with E-state index in [-0.39, 0.29) is 18.3 Å². The van der Waals surface area contributed by atoms with Crippen LogP contribution in [0.1, 0.15) is 49.9 Å². The molecule has 5 nitrogen and oxygen atoms in total. The summed E-state index contributed by atoms with van der Waals surface area (Å²) in [5.74, 6) is 2.49. The van der Waals surface area contributed by atoms with Gasteiger partial charge in [-0.25, -0.2) is 0 Å². The molecule has 2 aromatic rings. The minimum absolute atomic E-state index is 0.119. The standard InChI is InChI=1S/C34H37NO4/c1-6-7-16-37-33-28-20-35-15-14-23-18-30-31(39-21-38-30)19-26(23)32(35)27(25(28)12-13-29(33)36-5)17-22-8-10-24(11-9-22)34(2,3)4/h6-13,18-20,33H,14-17,21H2,1-5H3/b7-6+. The van der Waals surface area contributed by atoms with Gasteiger partial charge < -0.3 is 23.8 Å². The molecule has 39 heavy (non-hydrogen) atoms. The van der Waals surface area contributed by atoms with Gasteiger partial charge in [0, 0.05) is 30.3 Å². The van der Waals surface area contributed by atoms with Crippen LogP contribution in [0.4, 0.5) is 0 Å². The van der Waals surface area contributed by atoms with Gasteiger partial charge in [0.05, 0.1) is 19.4 Å². The Morgan fingerprint density at radius 1 is 1.05 bits per heavy atom. The molecule has 0 saturated carbocycles. The van der Waals surface area contributed by atoms with E-state index in [2.05, 4.69) is 80.4 Å². The summed E-state index contributed by atoms with van der Waals surface area (Å²) in [5, 5.41) is 0. The van der Waals surface area contributed by atoms with Crippen LogP contribution in [0, 0.1) is 0 Å². The predicted molar refractivity (Wildman–Crippen MR) is 155 cm³/mol. The largest absolute Gasteiger partial charge is 0.498 e. The summed E-state index contributed by atoms with van der Waals surface area (Å²) in [6.07, 6.45) is 12.1. The number of benzene rings is 2. The third kappa shape index (κ3) is 4.70. The van der Waals surface area contributed by atoms with Crippen LogP contribution < -0.4 is 9.47 Å². The van der Waals surface area contributed by atoms with E-state index in [9.17, 15) is 0 Å². The van der Waals surface area contributed by atoms with E-state index in [4.69, 9.17) is 18.9 Å². The maximum Gasteiger partial charge on any atom is 0.231 e.